The van der Waals surface area contributed by atoms with Gasteiger partial charge in [-0.15, -0.1) is 0 Å². The van der Waals surface area contributed by atoms with Gasteiger partial charge in [-0.25, -0.2) is 0 Å². The van der Waals surface area contributed by atoms with Gasteiger partial charge in [-0.1, -0.05) is 42.2 Å². The second kappa shape index (κ2) is 6.97. The molecule has 88 valence electrons. The quantitative estimate of drug-likeness (QED) is 0.401. The first-order valence-corrected chi connectivity index (χ1v) is 6.66. The van der Waals surface area contributed by atoms with Crippen molar-refractivity contribution in [3.8, 4) is 11.8 Å². The predicted octanol–water partition coefficient (Wildman–Crippen LogP) is 4.56. The summed E-state index contributed by atoms with van der Waals surface area (Å²) in [6.45, 7) is 0. The highest BCUT2D eigenvalue weighted by molar-refractivity contribution is 5.33. The minimum Gasteiger partial charge on any atom is -0.0979 e. The summed E-state index contributed by atoms with van der Waals surface area (Å²) in [6, 6.07) is 10.2. The topological polar surface area (TPSA) is 0 Å². The van der Waals surface area contributed by atoms with Gasteiger partial charge in [0.15, 0.2) is 0 Å². The van der Waals surface area contributed by atoms with Crippen LogP contribution in [0, 0.1) is 17.8 Å². The summed E-state index contributed by atoms with van der Waals surface area (Å²) in [7, 11) is 0. The van der Waals surface area contributed by atoms with E-state index in [2.05, 4.69) is 36.1 Å². The van der Waals surface area contributed by atoms with Crippen molar-refractivity contribution in [3.63, 3.8) is 0 Å². The van der Waals surface area contributed by atoms with Gasteiger partial charge in [-0.2, -0.15) is 0 Å². The lowest BCUT2D eigenvalue weighted by Crippen LogP contribution is -1.99. The second-order valence-corrected chi connectivity index (χ2v) is 4.68. The molecule has 0 aromatic heterocycles. The number of hydrogen-bond donors (Lipinski definition) is 0. The molecule has 0 spiro atoms. The van der Waals surface area contributed by atoms with Crippen molar-refractivity contribution in [1.29, 1.82) is 0 Å². The minimum atomic E-state index is 0.822. The Morgan fingerprint density at radius 1 is 1.18 bits per heavy atom. The van der Waals surface area contributed by atoms with Crippen LogP contribution in [0.15, 0.2) is 42.5 Å². The number of rotatable bonds is 3. The average Bonchev–Trinajstić information content (AvgIpc) is 2.41. The molecule has 1 atom stereocenters. The molecule has 0 saturated heterocycles. The lowest BCUT2D eigenvalue weighted by Gasteiger charge is -2.14. The molecule has 0 amide bonds. The third-order valence-corrected chi connectivity index (χ3v) is 3.24. The Kier molecular flexibility index (Phi) is 4.91. The molecule has 2 rings (SSSR count). The van der Waals surface area contributed by atoms with Crippen molar-refractivity contribution in [3.05, 3.63) is 48.0 Å². The molecule has 1 aliphatic rings. The smallest absolute Gasteiger partial charge is 0.0245 e. The molecule has 0 unspecified atom stereocenters. The van der Waals surface area contributed by atoms with Crippen molar-refractivity contribution in [2.75, 3.05) is 0 Å². The Morgan fingerprint density at radius 2 is 2.06 bits per heavy atom. The van der Waals surface area contributed by atoms with E-state index in [0.29, 0.717) is 0 Å². The SMILES string of the molecule is C(#Cc1ccccc1)CCC[C@H]1C=CCCC1. The zero-order valence-corrected chi connectivity index (χ0v) is 10.4. The summed E-state index contributed by atoms with van der Waals surface area (Å²) < 4.78 is 0. The van der Waals surface area contributed by atoms with Crippen molar-refractivity contribution >= 4 is 0 Å². The van der Waals surface area contributed by atoms with Crippen LogP contribution in [0.3, 0.4) is 0 Å². The summed E-state index contributed by atoms with van der Waals surface area (Å²) in [6.07, 6.45) is 12.3. The van der Waals surface area contributed by atoms with E-state index in [1.54, 1.807) is 0 Å². The van der Waals surface area contributed by atoms with Crippen LogP contribution in [-0.4, -0.2) is 0 Å². The third kappa shape index (κ3) is 4.49. The number of allylic oxidation sites excluding steroid dienone is 2. The Labute approximate surface area is 105 Å². The first kappa shape index (κ1) is 12.0. The Morgan fingerprint density at radius 3 is 2.82 bits per heavy atom. The maximum absolute atomic E-state index is 3.27. The molecule has 0 heterocycles. The van der Waals surface area contributed by atoms with Gasteiger partial charge in [0, 0.05) is 12.0 Å². The highest BCUT2D eigenvalue weighted by atomic mass is 14.1. The fourth-order valence-electron chi connectivity index (χ4n) is 2.26. The fourth-order valence-corrected chi connectivity index (χ4v) is 2.26. The molecule has 1 aliphatic carbocycles. The van der Waals surface area contributed by atoms with Gasteiger partial charge in [0.05, 0.1) is 0 Å². The van der Waals surface area contributed by atoms with Crippen molar-refractivity contribution in [1.82, 2.24) is 0 Å². The molecule has 0 nitrogen and oxygen atoms in total. The molecule has 0 saturated carbocycles. The van der Waals surface area contributed by atoms with E-state index < -0.39 is 0 Å². The molecule has 0 radical (unpaired) electrons. The first-order chi connectivity index (χ1) is 8.45. The molecule has 1 aromatic carbocycles. The summed E-state index contributed by atoms with van der Waals surface area (Å²) >= 11 is 0. The lowest BCUT2D eigenvalue weighted by molar-refractivity contribution is 0.492. The van der Waals surface area contributed by atoms with Gasteiger partial charge in [0.1, 0.15) is 0 Å². The van der Waals surface area contributed by atoms with E-state index in [1.165, 1.54) is 32.1 Å². The lowest BCUT2D eigenvalue weighted by atomic mass is 9.91. The Balaban J connectivity index is 1.68. The zero-order chi connectivity index (χ0) is 11.8. The van der Waals surface area contributed by atoms with Crippen molar-refractivity contribution in [2.45, 2.75) is 38.5 Å². The van der Waals surface area contributed by atoms with Crippen LogP contribution in [0.4, 0.5) is 0 Å². The van der Waals surface area contributed by atoms with E-state index in [1.807, 2.05) is 18.2 Å². The normalized spacial score (nSPS) is 18.5. The van der Waals surface area contributed by atoms with Gasteiger partial charge in [-0.05, 0) is 50.2 Å². The summed E-state index contributed by atoms with van der Waals surface area (Å²) in [5.74, 6) is 7.30. The third-order valence-electron chi connectivity index (χ3n) is 3.24. The van der Waals surface area contributed by atoms with Crippen LogP contribution < -0.4 is 0 Å². The van der Waals surface area contributed by atoms with Crippen molar-refractivity contribution in [2.24, 2.45) is 5.92 Å². The van der Waals surface area contributed by atoms with Gasteiger partial charge in [0.25, 0.3) is 0 Å². The molecular formula is C17H20. The van der Waals surface area contributed by atoms with Crippen LogP contribution >= 0.6 is 0 Å². The van der Waals surface area contributed by atoms with E-state index in [0.717, 1.165) is 17.9 Å². The van der Waals surface area contributed by atoms with Crippen LogP contribution in [0.2, 0.25) is 0 Å². The number of unbranched alkanes of at least 4 members (excludes halogenated alkanes) is 1. The predicted molar refractivity (Wildman–Crippen MR) is 73.7 cm³/mol. The highest BCUT2D eigenvalue weighted by Gasteiger charge is 2.06. The highest BCUT2D eigenvalue weighted by Crippen LogP contribution is 2.21. The Hall–Kier alpha value is -1.48. The average molecular weight is 224 g/mol. The van der Waals surface area contributed by atoms with Gasteiger partial charge in [0.2, 0.25) is 0 Å². The second-order valence-electron chi connectivity index (χ2n) is 4.68. The summed E-state index contributed by atoms with van der Waals surface area (Å²) in [5, 5.41) is 0. The monoisotopic (exact) mass is 224 g/mol. The van der Waals surface area contributed by atoms with Gasteiger partial charge in [-0.3, -0.25) is 0 Å². The summed E-state index contributed by atoms with van der Waals surface area (Å²) in [4.78, 5) is 0. The number of benzene rings is 1. The molecule has 0 heteroatoms. The van der Waals surface area contributed by atoms with E-state index >= 15 is 0 Å². The zero-order valence-electron chi connectivity index (χ0n) is 10.4. The van der Waals surface area contributed by atoms with Crippen LogP contribution in [0.5, 0.6) is 0 Å². The molecule has 0 bridgehead atoms. The largest absolute Gasteiger partial charge is 0.0979 e. The van der Waals surface area contributed by atoms with E-state index in [4.69, 9.17) is 0 Å². The first-order valence-electron chi connectivity index (χ1n) is 6.66. The Bertz CT molecular complexity index is 403. The maximum atomic E-state index is 3.27. The number of hydrogen-bond acceptors (Lipinski definition) is 0. The molecule has 1 aromatic rings. The molecule has 0 fully saturated rings. The minimum absolute atomic E-state index is 0.822. The van der Waals surface area contributed by atoms with E-state index in [9.17, 15) is 0 Å². The molecule has 0 aliphatic heterocycles. The van der Waals surface area contributed by atoms with Gasteiger partial charge < -0.3 is 0 Å². The fraction of sp³-hybridized carbons (Fsp3) is 0.412. The molecular weight excluding hydrogens is 204 g/mol. The van der Waals surface area contributed by atoms with Crippen LogP contribution in [0.25, 0.3) is 0 Å². The van der Waals surface area contributed by atoms with Gasteiger partial charge >= 0.3 is 0 Å². The maximum Gasteiger partial charge on any atom is 0.0245 e. The van der Waals surface area contributed by atoms with Crippen LogP contribution in [-0.2, 0) is 0 Å². The molecule has 17 heavy (non-hydrogen) atoms. The molecule has 0 N–H and O–H groups in total. The van der Waals surface area contributed by atoms with E-state index in [-0.39, 0.29) is 0 Å². The standard InChI is InChI=1S/C17H20/c1-4-10-16(11-5-1)14-8-3-9-15-17-12-6-2-7-13-17/h1,4-6,10-12,17H,2-3,7,9,13,15H2/t17-/m0/s1. The summed E-state index contributed by atoms with van der Waals surface area (Å²) in [5.41, 5.74) is 1.13. The van der Waals surface area contributed by atoms with Crippen LogP contribution in [0.1, 0.15) is 44.1 Å². The van der Waals surface area contributed by atoms with Crippen molar-refractivity contribution < 1.29 is 0 Å².